The molecule has 11 heteroatoms. The fraction of sp³-hybridized carbons (Fsp3) is 0.385. The molecular formula is C26H29ClF2N6OS. The molecule has 0 spiro atoms. The number of hydrogen-bond donors (Lipinski definition) is 3. The van der Waals surface area contributed by atoms with Gasteiger partial charge in [0.2, 0.25) is 0 Å². The number of nitrogens with zero attached hydrogens (tertiary/aromatic N) is 3. The third-order valence-corrected chi connectivity index (χ3v) is 7.52. The number of thiophene rings is 1. The number of allylic oxidation sites excluding steroid dienone is 2. The zero-order chi connectivity index (χ0) is 26.5. The number of hydrogen-bond acceptors (Lipinski definition) is 5. The summed E-state index contributed by atoms with van der Waals surface area (Å²) in [7, 11) is 0. The fourth-order valence-corrected chi connectivity index (χ4v) is 5.19. The topological polar surface area (TPSA) is 95.1 Å². The number of carbonyl (C=O) groups is 1. The third kappa shape index (κ3) is 6.42. The minimum Gasteiger partial charge on any atom is -0.349 e. The second-order valence-corrected chi connectivity index (χ2v) is 10.5. The number of amidine groups is 1. The van der Waals surface area contributed by atoms with Crippen LogP contribution in [0, 0.1) is 5.82 Å². The van der Waals surface area contributed by atoms with Crippen molar-refractivity contribution in [2.45, 2.75) is 65.0 Å². The molecule has 3 N–H and O–H groups in total. The Hall–Kier alpha value is -3.11. The van der Waals surface area contributed by atoms with Crippen molar-refractivity contribution in [2.75, 3.05) is 0 Å². The van der Waals surface area contributed by atoms with Crippen LogP contribution in [-0.4, -0.2) is 39.0 Å². The van der Waals surface area contributed by atoms with E-state index in [4.69, 9.17) is 16.6 Å². The van der Waals surface area contributed by atoms with Crippen molar-refractivity contribution in [3.63, 3.8) is 0 Å². The highest BCUT2D eigenvalue weighted by Gasteiger charge is 2.25. The number of fused-ring (bicyclic) bond motifs is 1. The lowest BCUT2D eigenvalue weighted by molar-refractivity contribution is 0.0926. The number of halogens is 3. The Morgan fingerprint density at radius 3 is 2.89 bits per heavy atom. The summed E-state index contributed by atoms with van der Waals surface area (Å²) in [5.41, 5.74) is 2.90. The van der Waals surface area contributed by atoms with E-state index in [0.29, 0.717) is 45.2 Å². The Morgan fingerprint density at radius 1 is 1.38 bits per heavy atom. The van der Waals surface area contributed by atoms with E-state index < -0.39 is 11.6 Å². The summed E-state index contributed by atoms with van der Waals surface area (Å²) in [5, 5.41) is 15.5. The van der Waals surface area contributed by atoms with Gasteiger partial charge in [0.05, 0.1) is 38.9 Å². The van der Waals surface area contributed by atoms with Crippen LogP contribution in [0.4, 0.5) is 8.78 Å². The van der Waals surface area contributed by atoms with Crippen molar-refractivity contribution in [2.24, 2.45) is 4.99 Å². The van der Waals surface area contributed by atoms with Gasteiger partial charge in [0.25, 0.3) is 5.91 Å². The van der Waals surface area contributed by atoms with E-state index >= 15 is 4.39 Å². The smallest absolute Gasteiger partial charge is 0.252 e. The molecule has 1 fully saturated rings. The molecular weight excluding hydrogens is 518 g/mol. The van der Waals surface area contributed by atoms with Crippen molar-refractivity contribution in [3.8, 4) is 0 Å². The number of H-pyrrole nitrogens is 1. The van der Waals surface area contributed by atoms with Crippen LogP contribution in [0.3, 0.4) is 0 Å². The molecule has 7 nitrogen and oxygen atoms in total. The largest absolute Gasteiger partial charge is 0.349 e. The number of amides is 1. The van der Waals surface area contributed by atoms with Crippen LogP contribution >= 0.6 is 22.9 Å². The van der Waals surface area contributed by atoms with Gasteiger partial charge in [0.15, 0.2) is 17.3 Å². The number of rotatable bonds is 7. The van der Waals surface area contributed by atoms with E-state index in [1.807, 2.05) is 13.8 Å². The van der Waals surface area contributed by atoms with Gasteiger partial charge in [-0.05, 0) is 69.7 Å². The van der Waals surface area contributed by atoms with Crippen molar-refractivity contribution < 1.29 is 13.6 Å². The normalized spacial score (nSPS) is 19.6. The molecule has 0 aromatic carbocycles. The maximum absolute atomic E-state index is 15.1. The molecule has 2 atom stereocenters. The Bertz CT molecular complexity index is 1380. The third-order valence-electron chi connectivity index (χ3n) is 6.43. The SMILES string of the molecule is C/C=C(/F)C(=NC1CCCC(NC(=O)c2csc(Cl)c2)C1)N/C(=C(\C)CC)c1[nH]nc2ncc(F)cc12. The zero-order valence-corrected chi connectivity index (χ0v) is 22.4. The molecule has 0 radical (unpaired) electrons. The molecule has 37 heavy (non-hydrogen) atoms. The van der Waals surface area contributed by atoms with Crippen LogP contribution in [-0.2, 0) is 0 Å². The molecule has 1 saturated carbocycles. The Kier molecular flexibility index (Phi) is 8.71. The highest BCUT2D eigenvalue weighted by atomic mass is 35.5. The van der Waals surface area contributed by atoms with E-state index in [0.717, 1.165) is 31.0 Å². The first-order chi connectivity index (χ1) is 17.8. The maximum atomic E-state index is 15.1. The van der Waals surface area contributed by atoms with Gasteiger partial charge in [0.1, 0.15) is 5.82 Å². The van der Waals surface area contributed by atoms with E-state index in [2.05, 4.69) is 25.8 Å². The molecule has 2 unspecified atom stereocenters. The number of carbonyl (C=O) groups excluding carboxylic acids is 1. The molecule has 1 amide bonds. The maximum Gasteiger partial charge on any atom is 0.252 e. The molecule has 3 aromatic rings. The number of pyridine rings is 1. The zero-order valence-electron chi connectivity index (χ0n) is 20.9. The second-order valence-electron chi connectivity index (χ2n) is 9.00. The molecule has 0 aliphatic heterocycles. The predicted octanol–water partition coefficient (Wildman–Crippen LogP) is 6.56. The summed E-state index contributed by atoms with van der Waals surface area (Å²) < 4.78 is 29.6. The number of aromatic nitrogens is 3. The van der Waals surface area contributed by atoms with E-state index in [1.165, 1.54) is 23.5 Å². The number of nitrogens with one attached hydrogen (secondary N) is 3. The van der Waals surface area contributed by atoms with Gasteiger partial charge in [0, 0.05) is 11.4 Å². The molecule has 3 heterocycles. The van der Waals surface area contributed by atoms with Gasteiger partial charge < -0.3 is 10.6 Å². The number of aliphatic imine (C=N–C) groups is 1. The first kappa shape index (κ1) is 26.9. The first-order valence-electron chi connectivity index (χ1n) is 12.2. The van der Waals surface area contributed by atoms with Gasteiger partial charge >= 0.3 is 0 Å². The fourth-order valence-electron chi connectivity index (χ4n) is 4.33. The van der Waals surface area contributed by atoms with Gasteiger partial charge in [-0.2, -0.15) is 5.10 Å². The molecule has 4 rings (SSSR count). The summed E-state index contributed by atoms with van der Waals surface area (Å²) >= 11 is 7.27. The lowest BCUT2D eigenvalue weighted by Gasteiger charge is -2.28. The summed E-state index contributed by atoms with van der Waals surface area (Å²) in [6.07, 6.45) is 6.14. The Morgan fingerprint density at radius 2 is 2.19 bits per heavy atom. The average molecular weight is 547 g/mol. The van der Waals surface area contributed by atoms with Crippen molar-refractivity contribution in [1.82, 2.24) is 25.8 Å². The first-order valence-corrected chi connectivity index (χ1v) is 13.5. The van der Waals surface area contributed by atoms with Crippen LogP contribution < -0.4 is 10.6 Å². The molecule has 196 valence electrons. The lowest BCUT2D eigenvalue weighted by atomic mass is 9.91. The average Bonchev–Trinajstić information content (AvgIpc) is 3.51. The van der Waals surface area contributed by atoms with E-state index in [-0.39, 0.29) is 23.8 Å². The molecule has 1 aliphatic carbocycles. The molecule has 0 bridgehead atoms. The van der Waals surface area contributed by atoms with E-state index in [9.17, 15) is 9.18 Å². The predicted molar refractivity (Wildman–Crippen MR) is 145 cm³/mol. The monoisotopic (exact) mass is 546 g/mol. The lowest BCUT2D eigenvalue weighted by Crippen LogP contribution is -2.40. The van der Waals surface area contributed by atoms with Crippen LogP contribution in [0.5, 0.6) is 0 Å². The van der Waals surface area contributed by atoms with Crippen LogP contribution in [0.15, 0.2) is 46.2 Å². The number of aromatic amines is 1. The molecule has 0 saturated heterocycles. The molecule has 1 aliphatic rings. The summed E-state index contributed by atoms with van der Waals surface area (Å²) in [6, 6.07) is 2.72. The van der Waals surface area contributed by atoms with E-state index in [1.54, 1.807) is 18.4 Å². The summed E-state index contributed by atoms with van der Waals surface area (Å²) in [6.45, 7) is 5.49. The summed E-state index contributed by atoms with van der Waals surface area (Å²) in [4.78, 5) is 21.4. The van der Waals surface area contributed by atoms with Gasteiger partial charge in [-0.1, -0.05) is 18.5 Å². The van der Waals surface area contributed by atoms with Crippen molar-refractivity contribution in [1.29, 1.82) is 0 Å². The standard InChI is InChI=1S/C26H29ClF2N6OS/c1-4-14(3)22(23-19-10-16(28)12-30-24(19)35-34-23)33-25(20(29)5-2)31-17-7-6-8-18(11-17)32-26(36)15-9-21(27)37-13-15/h5,9-10,12-13,17-18H,4,6-8,11H2,1-3H3,(H,31,33)(H,32,36)(H,30,34,35)/b20-5+,22-14+. The Balaban J connectivity index is 1.59. The minimum atomic E-state index is -0.506. The van der Waals surface area contributed by atoms with Crippen LogP contribution in [0.2, 0.25) is 4.34 Å². The highest BCUT2D eigenvalue weighted by molar-refractivity contribution is 7.14. The van der Waals surface area contributed by atoms with Crippen molar-refractivity contribution in [3.05, 3.63) is 62.6 Å². The summed E-state index contributed by atoms with van der Waals surface area (Å²) in [5.74, 6) is -1.09. The van der Waals surface area contributed by atoms with Crippen LogP contribution in [0.25, 0.3) is 16.7 Å². The van der Waals surface area contributed by atoms with Gasteiger partial charge in [-0.15, -0.1) is 11.3 Å². The van der Waals surface area contributed by atoms with Gasteiger partial charge in [-0.25, -0.2) is 13.8 Å². The molecule has 3 aromatic heterocycles. The Labute approximate surface area is 223 Å². The minimum absolute atomic E-state index is 0.0819. The second kappa shape index (κ2) is 12.0. The highest BCUT2D eigenvalue weighted by Crippen LogP contribution is 2.27. The quantitative estimate of drug-likeness (QED) is 0.231. The van der Waals surface area contributed by atoms with Crippen molar-refractivity contribution >= 4 is 51.4 Å². The van der Waals surface area contributed by atoms with Crippen LogP contribution in [0.1, 0.15) is 68.9 Å². The van der Waals surface area contributed by atoms with Gasteiger partial charge in [-0.3, -0.25) is 14.9 Å².